The molecule has 1 aromatic carbocycles. The van der Waals surface area contributed by atoms with Gasteiger partial charge in [0.15, 0.2) is 0 Å². The Kier molecular flexibility index (Phi) is 11.3. The number of carbonyl (C=O) groups is 3. The summed E-state index contributed by atoms with van der Waals surface area (Å²) >= 11 is 0. The largest absolute Gasteiger partial charge is 0.444 e. The summed E-state index contributed by atoms with van der Waals surface area (Å²) in [5.74, 6) is -0.550. The maximum atomic E-state index is 13.9. The first-order valence-corrected chi connectivity index (χ1v) is 12.8. The molecule has 2 N–H and O–H groups in total. The van der Waals surface area contributed by atoms with Crippen LogP contribution in [-0.4, -0.2) is 46.5 Å². The monoisotopic (exact) mass is 489 g/mol. The van der Waals surface area contributed by atoms with E-state index in [-0.39, 0.29) is 11.8 Å². The summed E-state index contributed by atoms with van der Waals surface area (Å²) < 4.78 is 5.35. The van der Waals surface area contributed by atoms with E-state index in [0.717, 1.165) is 36.0 Å². The number of unbranched alkanes of at least 4 members (excludes halogenated alkanes) is 2. The highest BCUT2D eigenvalue weighted by molar-refractivity contribution is 5.92. The molecule has 3 amide bonds. The molecule has 1 aromatic rings. The average Bonchev–Trinajstić information content (AvgIpc) is 2.75. The van der Waals surface area contributed by atoms with Crippen LogP contribution in [0.1, 0.15) is 104 Å². The van der Waals surface area contributed by atoms with Crippen molar-refractivity contribution >= 4 is 17.9 Å². The van der Waals surface area contributed by atoms with Gasteiger partial charge in [0, 0.05) is 12.1 Å². The van der Waals surface area contributed by atoms with Crippen molar-refractivity contribution in [3.63, 3.8) is 0 Å². The number of carbonyl (C=O) groups excluding carboxylic acids is 3. The number of alkyl carbamates (subject to hydrolysis) is 1. The van der Waals surface area contributed by atoms with Crippen molar-refractivity contribution in [2.24, 2.45) is 0 Å². The van der Waals surface area contributed by atoms with Gasteiger partial charge in [0.1, 0.15) is 17.7 Å². The third-order valence-electron chi connectivity index (χ3n) is 6.39. The molecule has 1 rings (SSSR count). The molecule has 7 heteroatoms. The second-order valence-corrected chi connectivity index (χ2v) is 10.9. The Morgan fingerprint density at radius 3 is 2.20 bits per heavy atom. The van der Waals surface area contributed by atoms with Crippen molar-refractivity contribution in [3.8, 4) is 0 Å². The van der Waals surface area contributed by atoms with Crippen molar-refractivity contribution in [2.45, 2.75) is 118 Å². The van der Waals surface area contributed by atoms with Crippen LogP contribution < -0.4 is 10.6 Å². The highest BCUT2D eigenvalue weighted by Crippen LogP contribution is 2.34. The third-order valence-corrected chi connectivity index (χ3v) is 6.39. The van der Waals surface area contributed by atoms with Gasteiger partial charge in [0.2, 0.25) is 11.8 Å². The zero-order chi connectivity index (χ0) is 27.0. The Bertz CT molecular complexity index is 873. The van der Waals surface area contributed by atoms with Gasteiger partial charge >= 0.3 is 6.09 Å². The lowest BCUT2D eigenvalue weighted by molar-refractivity contribution is -0.149. The van der Waals surface area contributed by atoms with E-state index in [4.69, 9.17) is 4.74 Å². The van der Waals surface area contributed by atoms with Crippen LogP contribution in [0, 0.1) is 13.8 Å². The van der Waals surface area contributed by atoms with E-state index in [1.54, 1.807) is 32.6 Å². The Balaban J connectivity index is 3.48. The number of hydrogen-bond acceptors (Lipinski definition) is 4. The molecule has 0 saturated heterocycles. The fourth-order valence-corrected chi connectivity index (χ4v) is 3.85. The number of benzene rings is 1. The summed E-state index contributed by atoms with van der Waals surface area (Å²) in [6.07, 6.45) is 2.91. The highest BCUT2D eigenvalue weighted by atomic mass is 16.6. The highest BCUT2D eigenvalue weighted by Gasteiger charge is 2.42. The lowest BCUT2D eigenvalue weighted by atomic mass is 9.89. The van der Waals surface area contributed by atoms with Gasteiger partial charge in [-0.2, -0.15) is 0 Å². The van der Waals surface area contributed by atoms with Crippen LogP contribution >= 0.6 is 0 Å². The van der Waals surface area contributed by atoms with Crippen molar-refractivity contribution in [2.75, 3.05) is 6.54 Å². The summed E-state index contributed by atoms with van der Waals surface area (Å²) in [6.45, 7) is 19.5. The smallest absolute Gasteiger partial charge is 0.408 e. The van der Waals surface area contributed by atoms with Gasteiger partial charge in [0.05, 0.1) is 0 Å². The first-order valence-electron chi connectivity index (χ1n) is 12.8. The molecule has 2 unspecified atom stereocenters. The van der Waals surface area contributed by atoms with Crippen molar-refractivity contribution < 1.29 is 19.1 Å². The van der Waals surface area contributed by atoms with E-state index in [0.29, 0.717) is 13.0 Å². The maximum absolute atomic E-state index is 13.9. The number of aryl methyl sites for hydroxylation is 1. The van der Waals surface area contributed by atoms with Crippen LogP contribution in [0.2, 0.25) is 0 Å². The first kappa shape index (κ1) is 30.5. The van der Waals surface area contributed by atoms with E-state index >= 15 is 0 Å². The number of nitrogens with zero attached hydrogens (tertiary/aromatic N) is 1. The Hall–Kier alpha value is -2.57. The molecule has 0 aliphatic rings. The van der Waals surface area contributed by atoms with E-state index < -0.39 is 29.3 Å². The second-order valence-electron chi connectivity index (χ2n) is 10.9. The molecule has 0 aliphatic carbocycles. The van der Waals surface area contributed by atoms with Crippen LogP contribution in [0.25, 0.3) is 0 Å². The van der Waals surface area contributed by atoms with Crippen molar-refractivity contribution in [1.82, 2.24) is 15.5 Å². The van der Waals surface area contributed by atoms with Crippen LogP contribution in [0.3, 0.4) is 0 Å². The first-order chi connectivity index (χ1) is 16.2. The number of nitrogens with one attached hydrogen (secondary N) is 2. The molecule has 0 bridgehead atoms. The molecule has 7 nitrogen and oxygen atoms in total. The Labute approximate surface area is 212 Å². The molecule has 198 valence electrons. The van der Waals surface area contributed by atoms with Gasteiger partial charge in [-0.3, -0.25) is 9.59 Å². The number of ether oxygens (including phenoxy) is 1. The molecule has 0 fully saturated rings. The zero-order valence-corrected chi connectivity index (χ0v) is 23.5. The minimum Gasteiger partial charge on any atom is -0.444 e. The molecule has 2 atom stereocenters. The van der Waals surface area contributed by atoms with E-state index in [1.165, 1.54) is 0 Å². The fraction of sp³-hybridized carbons (Fsp3) is 0.679. The minimum absolute atomic E-state index is 0.214. The lowest BCUT2D eigenvalue weighted by Gasteiger charge is -2.44. The quantitative estimate of drug-likeness (QED) is 0.397. The summed E-state index contributed by atoms with van der Waals surface area (Å²) in [4.78, 5) is 41.7. The molecule has 0 heterocycles. The molecule has 0 radical (unpaired) electrons. The molecule has 0 aromatic heterocycles. The van der Waals surface area contributed by atoms with Crippen LogP contribution in [0.4, 0.5) is 4.79 Å². The summed E-state index contributed by atoms with van der Waals surface area (Å²) in [5, 5.41) is 5.72. The lowest BCUT2D eigenvalue weighted by Crippen LogP contribution is -2.58. The molecular weight excluding hydrogens is 442 g/mol. The second kappa shape index (κ2) is 12.9. The van der Waals surface area contributed by atoms with Gasteiger partial charge in [-0.05, 0) is 84.9 Å². The summed E-state index contributed by atoms with van der Waals surface area (Å²) in [5.41, 5.74) is 1.47. The van der Waals surface area contributed by atoms with E-state index in [9.17, 15) is 14.4 Å². The SMILES string of the molecule is CCCCCNC(=O)C(c1cccc(C)c1C)N(C(=O)C(C)NC(=O)OC(C)(C)C)C(C)(C)CC. The van der Waals surface area contributed by atoms with Crippen LogP contribution in [0.15, 0.2) is 18.2 Å². The Morgan fingerprint density at radius 1 is 1.03 bits per heavy atom. The van der Waals surface area contributed by atoms with Crippen molar-refractivity contribution in [1.29, 1.82) is 0 Å². The van der Waals surface area contributed by atoms with Gasteiger partial charge in [-0.1, -0.05) is 44.9 Å². The van der Waals surface area contributed by atoms with Gasteiger partial charge in [0.25, 0.3) is 0 Å². The predicted molar refractivity (Wildman–Crippen MR) is 141 cm³/mol. The fourth-order valence-electron chi connectivity index (χ4n) is 3.85. The molecular formula is C28H47N3O4. The maximum Gasteiger partial charge on any atom is 0.408 e. The van der Waals surface area contributed by atoms with Crippen molar-refractivity contribution in [3.05, 3.63) is 34.9 Å². The van der Waals surface area contributed by atoms with Gasteiger partial charge < -0.3 is 20.3 Å². The number of hydrogen-bond donors (Lipinski definition) is 2. The third kappa shape index (κ3) is 8.86. The number of rotatable bonds is 11. The topological polar surface area (TPSA) is 87.7 Å². The molecule has 0 aliphatic heterocycles. The molecule has 0 spiro atoms. The standard InChI is InChI=1S/C28H47N3O4/c1-11-13-14-18-29-24(32)23(22-17-15-16-19(3)20(22)4)31(28(9,10)12-2)25(33)21(5)30-26(34)35-27(6,7)8/h15-17,21,23H,11-14,18H2,1-10H3,(H,29,32)(H,30,34). The van der Waals surface area contributed by atoms with Crippen LogP contribution in [-0.2, 0) is 14.3 Å². The normalized spacial score (nSPS) is 13.5. The van der Waals surface area contributed by atoms with E-state index in [2.05, 4.69) is 17.6 Å². The van der Waals surface area contributed by atoms with E-state index in [1.807, 2.05) is 52.8 Å². The summed E-state index contributed by atoms with van der Waals surface area (Å²) in [6, 6.07) is 4.12. The van der Waals surface area contributed by atoms with Gasteiger partial charge in [-0.25, -0.2) is 4.79 Å². The molecule has 0 saturated carbocycles. The van der Waals surface area contributed by atoms with Gasteiger partial charge in [-0.15, -0.1) is 0 Å². The molecule has 35 heavy (non-hydrogen) atoms. The average molecular weight is 490 g/mol. The zero-order valence-electron chi connectivity index (χ0n) is 23.5. The summed E-state index contributed by atoms with van der Waals surface area (Å²) in [7, 11) is 0. The minimum atomic E-state index is -0.879. The Morgan fingerprint density at radius 2 is 1.66 bits per heavy atom. The predicted octanol–water partition coefficient (Wildman–Crippen LogP) is 5.58. The van der Waals surface area contributed by atoms with Crippen LogP contribution in [0.5, 0.6) is 0 Å². The number of amides is 3.